The maximum Gasteiger partial charge on any atom is 0.308 e. The van der Waals surface area contributed by atoms with E-state index in [1.807, 2.05) is 0 Å². The molecule has 2 atom stereocenters. The fourth-order valence-corrected chi connectivity index (χ4v) is 4.02. The first kappa shape index (κ1) is 21.0. The third kappa shape index (κ3) is 5.41. The molecule has 2 aliphatic rings. The van der Waals surface area contributed by atoms with Gasteiger partial charge in [0.2, 0.25) is 12.3 Å². The summed E-state index contributed by atoms with van der Waals surface area (Å²) in [5.74, 6) is -1.03. The van der Waals surface area contributed by atoms with E-state index in [0.717, 1.165) is 30.7 Å². The third-order valence-electron chi connectivity index (χ3n) is 5.44. The minimum absolute atomic E-state index is 0.148. The van der Waals surface area contributed by atoms with Gasteiger partial charge in [-0.2, -0.15) is 9.49 Å². The van der Waals surface area contributed by atoms with E-state index in [9.17, 15) is 24.0 Å². The number of rotatable bonds is 9. The Morgan fingerprint density at radius 3 is 2.83 bits per heavy atom. The van der Waals surface area contributed by atoms with Gasteiger partial charge in [0.15, 0.2) is 5.78 Å². The Morgan fingerprint density at radius 2 is 2.14 bits per heavy atom. The molecule has 2 amide bonds. The van der Waals surface area contributed by atoms with Crippen molar-refractivity contribution in [1.82, 2.24) is 20.0 Å². The molecule has 156 valence electrons. The van der Waals surface area contributed by atoms with Crippen LogP contribution in [0.25, 0.3) is 0 Å². The lowest BCUT2D eigenvalue weighted by molar-refractivity contribution is -0.158. The van der Waals surface area contributed by atoms with Gasteiger partial charge < -0.3 is 0 Å². The summed E-state index contributed by atoms with van der Waals surface area (Å²) < 4.78 is 13.2. The molecule has 0 unspecified atom stereocenters. The highest BCUT2D eigenvalue weighted by Gasteiger charge is 2.37. The van der Waals surface area contributed by atoms with Crippen molar-refractivity contribution < 1.29 is 24.0 Å². The van der Waals surface area contributed by atoms with Crippen molar-refractivity contribution in [3.63, 3.8) is 0 Å². The van der Waals surface area contributed by atoms with Crippen molar-refractivity contribution in [2.45, 2.75) is 51.0 Å². The molecular formula is C19H24FN5O4. The summed E-state index contributed by atoms with van der Waals surface area (Å²) in [5, 5.41) is 15.3. The van der Waals surface area contributed by atoms with Crippen LogP contribution >= 0.6 is 0 Å². The second-order valence-corrected chi connectivity index (χ2v) is 7.50. The van der Waals surface area contributed by atoms with E-state index < -0.39 is 23.9 Å². The second kappa shape index (κ2) is 9.64. The molecule has 0 spiro atoms. The molecule has 0 bridgehead atoms. The number of carbonyl (C=O) groups is 3. The Labute approximate surface area is 167 Å². The highest BCUT2D eigenvalue weighted by atomic mass is 19.1. The van der Waals surface area contributed by atoms with Crippen LogP contribution in [-0.2, 0) is 20.8 Å². The molecule has 0 saturated heterocycles. The zero-order valence-electron chi connectivity index (χ0n) is 16.0. The van der Waals surface area contributed by atoms with Crippen LogP contribution in [0.2, 0.25) is 0 Å². The molecule has 1 fully saturated rings. The van der Waals surface area contributed by atoms with Gasteiger partial charge in [-0.1, -0.05) is 25.7 Å². The number of halogens is 1. The van der Waals surface area contributed by atoms with Crippen molar-refractivity contribution in [2.24, 2.45) is 16.9 Å². The largest absolute Gasteiger partial charge is 0.308 e. The maximum atomic E-state index is 13.2. The van der Waals surface area contributed by atoms with Crippen molar-refractivity contribution in [1.29, 1.82) is 0 Å². The van der Waals surface area contributed by atoms with Gasteiger partial charge in [0.05, 0.1) is 24.6 Å². The Hall–Kier alpha value is -2.75. The first-order valence-corrected chi connectivity index (χ1v) is 9.74. The topological polar surface area (TPSA) is 116 Å². The predicted octanol–water partition coefficient (Wildman–Crippen LogP) is 1.36. The molecule has 1 aromatic rings. The summed E-state index contributed by atoms with van der Waals surface area (Å²) in [7, 11) is 0. The van der Waals surface area contributed by atoms with Gasteiger partial charge in [0.25, 0.3) is 0 Å². The molecule has 3 rings (SSSR count). The average molecular weight is 405 g/mol. The lowest BCUT2D eigenvalue weighted by Crippen LogP contribution is -2.45. The number of hydrogen-bond donors (Lipinski definition) is 1. The van der Waals surface area contributed by atoms with E-state index in [2.05, 4.69) is 15.1 Å². The van der Waals surface area contributed by atoms with E-state index >= 15 is 0 Å². The number of amides is 2. The summed E-state index contributed by atoms with van der Waals surface area (Å²) in [6.07, 6.45) is 6.89. The number of carbonyl (C=O) groups excluding carboxylic acids is 3. The first-order valence-electron chi connectivity index (χ1n) is 9.74. The molecule has 0 radical (unpaired) electrons. The van der Waals surface area contributed by atoms with E-state index in [0.29, 0.717) is 17.4 Å². The van der Waals surface area contributed by atoms with Gasteiger partial charge in [-0.15, -0.1) is 0 Å². The normalized spacial score (nSPS) is 20.1. The van der Waals surface area contributed by atoms with Crippen molar-refractivity contribution in [3.05, 3.63) is 24.0 Å². The summed E-state index contributed by atoms with van der Waals surface area (Å²) in [5.41, 5.74) is 0.229. The van der Waals surface area contributed by atoms with Gasteiger partial charge in [-0.3, -0.25) is 19.6 Å². The van der Waals surface area contributed by atoms with Crippen LogP contribution in [0.5, 0.6) is 0 Å². The number of hydroxylamine groups is 2. The number of nitrogens with zero attached hydrogens (tertiary/aromatic N) is 5. The average Bonchev–Trinajstić information content (AvgIpc) is 3.38. The van der Waals surface area contributed by atoms with Crippen molar-refractivity contribution in [2.75, 3.05) is 6.54 Å². The van der Waals surface area contributed by atoms with Gasteiger partial charge in [0, 0.05) is 18.8 Å². The quantitative estimate of drug-likeness (QED) is 0.287. The maximum absolute atomic E-state index is 13.2. The van der Waals surface area contributed by atoms with Crippen LogP contribution in [0.4, 0.5) is 4.39 Å². The molecule has 1 aliphatic carbocycles. The van der Waals surface area contributed by atoms with Crippen molar-refractivity contribution in [3.8, 4) is 0 Å². The second-order valence-electron chi connectivity index (χ2n) is 7.50. The Kier molecular flexibility index (Phi) is 6.97. The summed E-state index contributed by atoms with van der Waals surface area (Å²) in [6.45, 7) is -0.150. The first-order chi connectivity index (χ1) is 14.0. The predicted molar refractivity (Wildman–Crippen MR) is 99.1 cm³/mol. The minimum atomic E-state index is -0.917. The number of Topliss-reactive ketones (excluding diaryl/α,β-unsaturated/α-hetero) is 1. The van der Waals surface area contributed by atoms with Gasteiger partial charge in [0.1, 0.15) is 6.04 Å². The summed E-state index contributed by atoms with van der Waals surface area (Å²) in [6, 6.07) is 0.634. The van der Waals surface area contributed by atoms with Crippen molar-refractivity contribution >= 4 is 24.3 Å². The fraction of sp³-hybridized carbons (Fsp3) is 0.579. The molecule has 0 aromatic carbocycles. The monoisotopic (exact) mass is 405 g/mol. The van der Waals surface area contributed by atoms with Crippen LogP contribution in [-0.4, -0.2) is 62.1 Å². The van der Waals surface area contributed by atoms with Gasteiger partial charge in [-0.05, 0) is 18.4 Å². The Balaban J connectivity index is 1.70. The molecule has 2 heterocycles. The van der Waals surface area contributed by atoms with Crippen LogP contribution in [0.3, 0.4) is 0 Å². The van der Waals surface area contributed by atoms with Gasteiger partial charge >= 0.3 is 6.08 Å². The third-order valence-corrected chi connectivity index (χ3v) is 5.44. The van der Waals surface area contributed by atoms with E-state index in [-0.39, 0.29) is 37.3 Å². The van der Waals surface area contributed by atoms with E-state index in [1.165, 1.54) is 18.5 Å². The Morgan fingerprint density at radius 1 is 1.38 bits per heavy atom. The Bertz CT molecular complexity index is 784. The molecule has 29 heavy (non-hydrogen) atoms. The molecule has 1 aromatic heterocycles. The van der Waals surface area contributed by atoms with Crippen LogP contribution in [0.1, 0.15) is 44.2 Å². The minimum Gasteiger partial charge on any atom is -0.297 e. The smallest absolute Gasteiger partial charge is 0.297 e. The highest BCUT2D eigenvalue weighted by molar-refractivity contribution is 5.94. The highest BCUT2D eigenvalue weighted by Crippen LogP contribution is 2.32. The fourth-order valence-electron chi connectivity index (χ4n) is 4.02. The lowest BCUT2D eigenvalue weighted by atomic mass is 9.91. The van der Waals surface area contributed by atoms with Crippen LogP contribution in [0.15, 0.2) is 17.4 Å². The lowest BCUT2D eigenvalue weighted by Gasteiger charge is -2.28. The molecular weight excluding hydrogens is 381 g/mol. The number of aromatic nitrogens is 2. The van der Waals surface area contributed by atoms with E-state index in [1.54, 1.807) is 0 Å². The van der Waals surface area contributed by atoms with E-state index in [4.69, 9.17) is 0 Å². The number of hydrazone groups is 1. The van der Waals surface area contributed by atoms with Gasteiger partial charge in [-0.25, -0.2) is 20.0 Å². The van der Waals surface area contributed by atoms with Crippen LogP contribution in [0, 0.1) is 17.9 Å². The SMILES string of the molecule is O=CN(O)C[C@@H](CC1CCCC1)C(=O)N1N=CC[C@H]1C(=O)Cc1ccnc(F)n1. The molecule has 9 nitrogen and oxygen atoms in total. The summed E-state index contributed by atoms with van der Waals surface area (Å²) in [4.78, 5) is 43.6. The molecule has 10 heteroatoms. The summed E-state index contributed by atoms with van der Waals surface area (Å²) >= 11 is 0. The number of ketones is 1. The molecule has 1 N–H and O–H groups in total. The zero-order valence-corrected chi connectivity index (χ0v) is 16.0. The standard InChI is InChI=1S/C19H24FN5O4/c20-19-21-7-5-15(23-19)10-17(27)16-6-8-22-25(16)18(28)14(11-24(29)12-26)9-13-3-1-2-4-13/h5,7-8,12-14,16,29H,1-4,6,9-11H2/t14-,16+/m1/s1. The van der Waals surface area contributed by atoms with Crippen LogP contribution < -0.4 is 0 Å². The molecule has 1 saturated carbocycles. The number of hydrogen-bond acceptors (Lipinski definition) is 7. The zero-order chi connectivity index (χ0) is 20.8. The molecule has 1 aliphatic heterocycles.